The van der Waals surface area contributed by atoms with Gasteiger partial charge in [0.2, 0.25) is 5.91 Å². The van der Waals surface area contributed by atoms with E-state index in [-0.39, 0.29) is 5.91 Å². The van der Waals surface area contributed by atoms with E-state index < -0.39 is 0 Å². The zero-order valence-electron chi connectivity index (χ0n) is 20.5. The first kappa shape index (κ1) is 23.5. The van der Waals surface area contributed by atoms with Gasteiger partial charge in [-0.25, -0.2) is 0 Å². The van der Waals surface area contributed by atoms with E-state index in [0.717, 1.165) is 40.3 Å². The summed E-state index contributed by atoms with van der Waals surface area (Å²) in [5, 5.41) is 12.6. The van der Waals surface area contributed by atoms with E-state index in [1.807, 2.05) is 65.8 Å². The second kappa shape index (κ2) is 10.5. The molecule has 0 atom stereocenters. The number of nitrogens with zero attached hydrogens (tertiary/aromatic N) is 4. The topological polar surface area (TPSA) is 64.7 Å². The van der Waals surface area contributed by atoms with Crippen molar-refractivity contribution in [3.8, 4) is 11.3 Å². The van der Waals surface area contributed by atoms with Crippen LogP contribution < -0.4 is 5.32 Å². The molecule has 0 aliphatic heterocycles. The highest BCUT2D eigenvalue weighted by molar-refractivity contribution is 5.79. The van der Waals surface area contributed by atoms with Crippen LogP contribution >= 0.6 is 0 Å². The molecule has 6 nitrogen and oxygen atoms in total. The first-order valence-corrected chi connectivity index (χ1v) is 11.9. The van der Waals surface area contributed by atoms with Gasteiger partial charge < -0.3 is 5.32 Å². The van der Waals surface area contributed by atoms with E-state index in [4.69, 9.17) is 5.10 Å². The van der Waals surface area contributed by atoms with Crippen molar-refractivity contribution in [1.82, 2.24) is 24.9 Å². The highest BCUT2D eigenvalue weighted by Gasteiger charge is 2.17. The fraction of sp³-hybridized carbons (Fsp3) is 0.321. The number of hydrogen-bond acceptors (Lipinski definition) is 3. The molecule has 2 aromatic carbocycles. The molecule has 176 valence electrons. The van der Waals surface area contributed by atoms with Crippen LogP contribution in [0.15, 0.2) is 66.9 Å². The zero-order chi connectivity index (χ0) is 24.1. The largest absolute Gasteiger partial charge is 0.352 e. The zero-order valence-corrected chi connectivity index (χ0v) is 20.5. The second-order valence-corrected chi connectivity index (χ2v) is 9.23. The molecule has 1 N–H and O–H groups in total. The molecule has 0 bridgehead atoms. The van der Waals surface area contributed by atoms with E-state index in [2.05, 4.69) is 48.5 Å². The molecule has 0 aliphatic rings. The van der Waals surface area contributed by atoms with Crippen LogP contribution in [0.25, 0.3) is 11.3 Å². The Morgan fingerprint density at radius 3 is 2.32 bits per heavy atom. The van der Waals surface area contributed by atoms with Crippen LogP contribution in [-0.2, 0) is 30.8 Å². The monoisotopic (exact) mass is 455 g/mol. The van der Waals surface area contributed by atoms with Crippen molar-refractivity contribution >= 4 is 5.91 Å². The van der Waals surface area contributed by atoms with Gasteiger partial charge in [0.25, 0.3) is 0 Å². The van der Waals surface area contributed by atoms with Crippen molar-refractivity contribution < 1.29 is 4.79 Å². The molecule has 0 radical (unpaired) electrons. The van der Waals surface area contributed by atoms with Crippen LogP contribution in [0.1, 0.15) is 41.9 Å². The summed E-state index contributed by atoms with van der Waals surface area (Å²) in [4.78, 5) is 12.9. The third kappa shape index (κ3) is 5.63. The van der Waals surface area contributed by atoms with Gasteiger partial charge in [-0.05, 0) is 25.3 Å². The summed E-state index contributed by atoms with van der Waals surface area (Å²) in [6, 6.07) is 20.4. The van der Waals surface area contributed by atoms with Gasteiger partial charge >= 0.3 is 0 Å². The number of benzene rings is 2. The van der Waals surface area contributed by atoms with Gasteiger partial charge in [0.1, 0.15) is 0 Å². The van der Waals surface area contributed by atoms with Crippen molar-refractivity contribution in [1.29, 1.82) is 0 Å². The van der Waals surface area contributed by atoms with Crippen LogP contribution in [0.5, 0.6) is 0 Å². The highest BCUT2D eigenvalue weighted by Crippen LogP contribution is 2.23. The lowest BCUT2D eigenvalue weighted by molar-refractivity contribution is -0.120. The van der Waals surface area contributed by atoms with Gasteiger partial charge in [0, 0.05) is 41.7 Å². The predicted octanol–water partition coefficient (Wildman–Crippen LogP) is 4.93. The fourth-order valence-corrected chi connectivity index (χ4v) is 4.21. The molecule has 1 amide bonds. The quantitative estimate of drug-likeness (QED) is 0.389. The Morgan fingerprint density at radius 1 is 0.971 bits per heavy atom. The summed E-state index contributed by atoms with van der Waals surface area (Å²) in [6.45, 7) is 10.3. The maximum Gasteiger partial charge on any atom is 0.224 e. The molecule has 0 fully saturated rings. The number of rotatable bonds is 9. The second-order valence-electron chi connectivity index (χ2n) is 9.23. The van der Waals surface area contributed by atoms with Crippen LogP contribution in [-0.4, -0.2) is 25.5 Å². The summed E-state index contributed by atoms with van der Waals surface area (Å²) in [5.41, 5.74) is 7.13. The van der Waals surface area contributed by atoms with Gasteiger partial charge in [-0.1, -0.05) is 74.5 Å². The van der Waals surface area contributed by atoms with E-state index in [1.165, 1.54) is 5.56 Å². The number of hydrogen-bond donors (Lipinski definition) is 1. The average Bonchev–Trinajstić information content (AvgIpc) is 3.34. The minimum Gasteiger partial charge on any atom is -0.352 e. The number of aromatic nitrogens is 4. The fourth-order valence-electron chi connectivity index (χ4n) is 4.21. The molecule has 0 spiro atoms. The predicted molar refractivity (Wildman–Crippen MR) is 135 cm³/mol. The molecule has 2 aromatic heterocycles. The Morgan fingerprint density at radius 2 is 1.65 bits per heavy atom. The van der Waals surface area contributed by atoms with Crippen molar-refractivity contribution in [2.24, 2.45) is 5.92 Å². The SMILES string of the molecule is Cc1nn(CC(C)C)c(C)c1CC(=O)NCc1cn(Cc2ccccc2)nc1-c1ccccc1. The minimum absolute atomic E-state index is 0.00915. The van der Waals surface area contributed by atoms with Crippen molar-refractivity contribution in [2.45, 2.75) is 53.8 Å². The molecule has 0 aliphatic carbocycles. The Kier molecular flexibility index (Phi) is 7.26. The molecule has 0 saturated carbocycles. The van der Waals surface area contributed by atoms with Gasteiger partial charge in [-0.15, -0.1) is 0 Å². The lowest BCUT2D eigenvalue weighted by Crippen LogP contribution is -2.25. The van der Waals surface area contributed by atoms with Gasteiger partial charge in [0.05, 0.1) is 24.4 Å². The molecule has 0 unspecified atom stereocenters. The summed E-state index contributed by atoms with van der Waals surface area (Å²) >= 11 is 0. The van der Waals surface area contributed by atoms with Crippen molar-refractivity contribution in [3.63, 3.8) is 0 Å². The van der Waals surface area contributed by atoms with Crippen LogP contribution in [0, 0.1) is 19.8 Å². The number of carbonyl (C=O) groups is 1. The molecule has 2 heterocycles. The Hall–Kier alpha value is -3.67. The van der Waals surface area contributed by atoms with Gasteiger partial charge in [-0.3, -0.25) is 14.2 Å². The standard InChI is InChI=1S/C28H33N5O/c1-20(2)17-33-22(4)26(21(3)30-33)15-27(34)29-16-25-19-32(18-23-11-7-5-8-12-23)31-28(25)24-13-9-6-10-14-24/h5-14,19-20H,15-18H2,1-4H3,(H,29,34). The van der Waals surface area contributed by atoms with Crippen LogP contribution in [0.3, 0.4) is 0 Å². The summed E-state index contributed by atoms with van der Waals surface area (Å²) in [7, 11) is 0. The minimum atomic E-state index is -0.00915. The number of carbonyl (C=O) groups excluding carboxylic acids is 1. The van der Waals surface area contributed by atoms with Crippen LogP contribution in [0.2, 0.25) is 0 Å². The highest BCUT2D eigenvalue weighted by atomic mass is 16.1. The Labute approximate surface area is 201 Å². The molecule has 34 heavy (non-hydrogen) atoms. The Bertz CT molecular complexity index is 1240. The lowest BCUT2D eigenvalue weighted by atomic mass is 10.1. The van der Waals surface area contributed by atoms with E-state index in [1.54, 1.807) is 0 Å². The number of aryl methyl sites for hydroxylation is 1. The average molecular weight is 456 g/mol. The number of amides is 1. The molecule has 0 saturated heterocycles. The lowest BCUT2D eigenvalue weighted by Gasteiger charge is -2.08. The van der Waals surface area contributed by atoms with Crippen molar-refractivity contribution in [2.75, 3.05) is 0 Å². The molecule has 4 aromatic rings. The van der Waals surface area contributed by atoms with Gasteiger partial charge in [-0.2, -0.15) is 10.2 Å². The maximum atomic E-state index is 12.9. The number of nitrogens with one attached hydrogen (secondary N) is 1. The molecular weight excluding hydrogens is 422 g/mol. The summed E-state index contributed by atoms with van der Waals surface area (Å²) in [6.07, 6.45) is 2.36. The summed E-state index contributed by atoms with van der Waals surface area (Å²) < 4.78 is 3.97. The van der Waals surface area contributed by atoms with E-state index in [9.17, 15) is 4.79 Å². The first-order valence-electron chi connectivity index (χ1n) is 11.9. The normalized spacial score (nSPS) is 11.2. The van der Waals surface area contributed by atoms with E-state index >= 15 is 0 Å². The molecule has 6 heteroatoms. The molecular formula is C28H33N5O. The van der Waals surface area contributed by atoms with E-state index in [0.29, 0.717) is 25.4 Å². The Balaban J connectivity index is 1.50. The first-order chi connectivity index (χ1) is 16.4. The third-order valence-corrected chi connectivity index (χ3v) is 5.95. The third-order valence-electron chi connectivity index (χ3n) is 5.95. The maximum absolute atomic E-state index is 12.9. The smallest absolute Gasteiger partial charge is 0.224 e. The summed E-state index contributed by atoms with van der Waals surface area (Å²) in [5.74, 6) is 0.494. The van der Waals surface area contributed by atoms with Crippen molar-refractivity contribution in [3.05, 3.63) is 94.9 Å². The van der Waals surface area contributed by atoms with Gasteiger partial charge in [0.15, 0.2) is 0 Å². The molecule has 4 rings (SSSR count). The van der Waals surface area contributed by atoms with Crippen LogP contribution in [0.4, 0.5) is 0 Å².